The molecule has 0 atom stereocenters. The summed E-state index contributed by atoms with van der Waals surface area (Å²) in [6.07, 6.45) is 21.0. The van der Waals surface area contributed by atoms with Gasteiger partial charge in [0.15, 0.2) is 0 Å². The van der Waals surface area contributed by atoms with E-state index in [1.54, 1.807) is 74.4 Å². The monoisotopic (exact) mass is 533 g/mol. The van der Waals surface area contributed by atoms with Gasteiger partial charge in [-0.1, -0.05) is 36.4 Å². The largest absolute Gasteiger partial charge is 2.00 e. The zero-order valence-electron chi connectivity index (χ0n) is 20.3. The van der Waals surface area contributed by atoms with Crippen LogP contribution in [-0.2, 0) is 16.8 Å². The topological polar surface area (TPSA) is 77.3 Å². The average molecular weight is 534 g/mol. The van der Waals surface area contributed by atoms with Gasteiger partial charge in [0.25, 0.3) is 0 Å². The van der Waals surface area contributed by atoms with E-state index in [0.29, 0.717) is 0 Å². The number of pyridine rings is 6. The van der Waals surface area contributed by atoms with E-state index in [1.807, 2.05) is 109 Å². The number of hydrogen-bond acceptors (Lipinski definition) is 6. The summed E-state index contributed by atoms with van der Waals surface area (Å²) in [5, 5.41) is 0. The maximum atomic E-state index is 3.78. The summed E-state index contributed by atoms with van der Waals surface area (Å²) in [6.45, 7) is 0. The SMILES string of the molecule is [Co+2].c1ccncc1.c1ccncc1.c1ccncc1.c1ccncc1.c1ccncc1.c1ccncc1. The summed E-state index contributed by atoms with van der Waals surface area (Å²) in [6, 6.07) is 34.3. The Hall–Kier alpha value is -4.59. The first-order chi connectivity index (χ1) is 18.0. The first-order valence-corrected chi connectivity index (χ1v) is 11.1. The van der Waals surface area contributed by atoms with Gasteiger partial charge >= 0.3 is 16.8 Å². The van der Waals surface area contributed by atoms with Crippen molar-refractivity contribution in [2.24, 2.45) is 0 Å². The van der Waals surface area contributed by atoms with Crippen LogP contribution in [0, 0.1) is 0 Å². The van der Waals surface area contributed by atoms with Crippen molar-refractivity contribution >= 4 is 0 Å². The van der Waals surface area contributed by atoms with Crippen molar-refractivity contribution in [1.29, 1.82) is 0 Å². The molecular weight excluding hydrogens is 503 g/mol. The van der Waals surface area contributed by atoms with Crippen molar-refractivity contribution < 1.29 is 16.8 Å². The zero-order chi connectivity index (χ0) is 25.5. The molecule has 0 saturated heterocycles. The maximum Gasteiger partial charge on any atom is 2.00 e. The molecule has 37 heavy (non-hydrogen) atoms. The standard InChI is InChI=1S/6C5H5N.Co/c6*1-2-4-6-5-3-1;/h6*1-5H;/q;;;;;;+2. The molecule has 6 aromatic rings. The fourth-order valence-electron chi connectivity index (χ4n) is 1.88. The van der Waals surface area contributed by atoms with Crippen LogP contribution in [0.15, 0.2) is 184 Å². The molecule has 6 rings (SSSR count). The molecule has 0 aliphatic heterocycles. The molecule has 6 aromatic heterocycles. The molecule has 0 N–H and O–H groups in total. The van der Waals surface area contributed by atoms with Crippen molar-refractivity contribution in [2.75, 3.05) is 0 Å². The van der Waals surface area contributed by atoms with Crippen molar-refractivity contribution in [3.8, 4) is 0 Å². The first kappa shape index (κ1) is 32.4. The normalized spacial score (nSPS) is 7.78. The predicted octanol–water partition coefficient (Wildman–Crippen LogP) is 6.49. The second kappa shape index (κ2) is 29.4. The van der Waals surface area contributed by atoms with E-state index >= 15 is 0 Å². The van der Waals surface area contributed by atoms with Gasteiger partial charge in [0.2, 0.25) is 0 Å². The van der Waals surface area contributed by atoms with Crippen molar-refractivity contribution in [2.45, 2.75) is 0 Å². The second-order valence-electron chi connectivity index (χ2n) is 6.15. The Morgan fingerprint density at radius 1 is 0.162 bits per heavy atom. The summed E-state index contributed by atoms with van der Waals surface area (Å²) in [5.74, 6) is 0. The Labute approximate surface area is 229 Å². The molecule has 0 unspecified atom stereocenters. The van der Waals surface area contributed by atoms with E-state index in [1.165, 1.54) is 0 Å². The van der Waals surface area contributed by atoms with Crippen LogP contribution in [0.4, 0.5) is 0 Å². The predicted molar refractivity (Wildman–Crippen MR) is 145 cm³/mol. The number of hydrogen-bond donors (Lipinski definition) is 0. The van der Waals surface area contributed by atoms with Gasteiger partial charge in [-0.15, -0.1) is 0 Å². The Morgan fingerprint density at radius 2 is 0.270 bits per heavy atom. The van der Waals surface area contributed by atoms with Crippen LogP contribution < -0.4 is 0 Å². The van der Waals surface area contributed by atoms with Gasteiger partial charge in [-0.05, 0) is 72.8 Å². The average Bonchev–Trinajstić information content (AvgIpc) is 3.04. The molecular formula is C30H30CoN6+2. The molecule has 0 bridgehead atoms. The minimum absolute atomic E-state index is 0. The van der Waals surface area contributed by atoms with Crippen LogP contribution in [0.3, 0.4) is 0 Å². The van der Waals surface area contributed by atoms with E-state index in [4.69, 9.17) is 0 Å². The fourth-order valence-corrected chi connectivity index (χ4v) is 1.88. The molecule has 0 amide bonds. The second-order valence-corrected chi connectivity index (χ2v) is 6.15. The van der Waals surface area contributed by atoms with E-state index < -0.39 is 0 Å². The molecule has 187 valence electrons. The molecule has 0 aliphatic rings. The third-order valence-corrected chi connectivity index (χ3v) is 3.40. The van der Waals surface area contributed by atoms with Crippen molar-refractivity contribution in [1.82, 2.24) is 29.9 Å². The Kier molecular flexibility index (Phi) is 25.8. The van der Waals surface area contributed by atoms with Gasteiger partial charge < -0.3 is 0 Å². The number of aromatic nitrogens is 6. The van der Waals surface area contributed by atoms with E-state index in [9.17, 15) is 0 Å². The molecule has 1 radical (unpaired) electrons. The molecule has 0 spiro atoms. The van der Waals surface area contributed by atoms with Crippen LogP contribution >= 0.6 is 0 Å². The molecule has 0 saturated carbocycles. The van der Waals surface area contributed by atoms with Gasteiger partial charge in [0.05, 0.1) is 0 Å². The van der Waals surface area contributed by atoms with Gasteiger partial charge in [-0.2, -0.15) is 0 Å². The molecule has 0 aromatic carbocycles. The van der Waals surface area contributed by atoms with Crippen molar-refractivity contribution in [3.05, 3.63) is 184 Å². The van der Waals surface area contributed by atoms with Gasteiger partial charge in [0, 0.05) is 74.4 Å². The van der Waals surface area contributed by atoms with Gasteiger partial charge in [0.1, 0.15) is 0 Å². The molecule has 0 aliphatic carbocycles. The van der Waals surface area contributed by atoms with E-state index in [2.05, 4.69) is 29.9 Å². The summed E-state index contributed by atoms with van der Waals surface area (Å²) >= 11 is 0. The van der Waals surface area contributed by atoms with Crippen LogP contribution in [0.2, 0.25) is 0 Å². The molecule has 6 heterocycles. The summed E-state index contributed by atoms with van der Waals surface area (Å²) in [7, 11) is 0. The van der Waals surface area contributed by atoms with Crippen LogP contribution in [0.1, 0.15) is 0 Å². The molecule has 7 heteroatoms. The fraction of sp³-hybridized carbons (Fsp3) is 0. The van der Waals surface area contributed by atoms with Crippen LogP contribution in [0.25, 0.3) is 0 Å². The minimum Gasteiger partial charge on any atom is -0.265 e. The maximum absolute atomic E-state index is 3.78. The first-order valence-electron chi connectivity index (χ1n) is 11.1. The Bertz CT molecular complexity index is 706. The van der Waals surface area contributed by atoms with E-state index in [0.717, 1.165) is 0 Å². The third-order valence-electron chi connectivity index (χ3n) is 3.40. The van der Waals surface area contributed by atoms with Crippen molar-refractivity contribution in [3.63, 3.8) is 0 Å². The molecule has 0 fully saturated rings. The Morgan fingerprint density at radius 3 is 0.297 bits per heavy atom. The zero-order valence-corrected chi connectivity index (χ0v) is 21.4. The number of nitrogens with zero attached hydrogens (tertiary/aromatic N) is 6. The molecule has 6 nitrogen and oxygen atoms in total. The number of rotatable bonds is 0. The van der Waals surface area contributed by atoms with Crippen LogP contribution in [0.5, 0.6) is 0 Å². The van der Waals surface area contributed by atoms with Crippen LogP contribution in [-0.4, -0.2) is 29.9 Å². The smallest absolute Gasteiger partial charge is 0.265 e. The van der Waals surface area contributed by atoms with Gasteiger partial charge in [-0.25, -0.2) is 0 Å². The van der Waals surface area contributed by atoms with E-state index in [-0.39, 0.29) is 16.8 Å². The summed E-state index contributed by atoms with van der Waals surface area (Å²) < 4.78 is 0. The van der Waals surface area contributed by atoms with Gasteiger partial charge in [-0.3, -0.25) is 29.9 Å². The third kappa shape index (κ3) is 27.5. The Balaban J connectivity index is 0.000000418. The summed E-state index contributed by atoms with van der Waals surface area (Å²) in [5.41, 5.74) is 0. The summed E-state index contributed by atoms with van der Waals surface area (Å²) in [4.78, 5) is 22.7. The minimum atomic E-state index is 0. The quantitative estimate of drug-likeness (QED) is 0.222.